The molecule has 0 aliphatic heterocycles. The number of benzene rings is 6. The first-order chi connectivity index (χ1) is 30.2. The Morgan fingerprint density at radius 1 is 0.188 bits per heavy atom. The fourth-order valence-electron chi connectivity index (χ4n) is 7.63. The maximum absolute atomic E-state index is 5.04. The first-order valence-corrected chi connectivity index (χ1v) is 22.4. The van der Waals surface area contributed by atoms with Gasteiger partial charge in [-0.15, -0.1) is 0 Å². The lowest BCUT2D eigenvalue weighted by Crippen LogP contribution is -2.11. The molecule has 0 atom stereocenters. The van der Waals surface area contributed by atoms with Crippen LogP contribution in [-0.2, 0) is 21.7 Å². The summed E-state index contributed by atoms with van der Waals surface area (Å²) in [6.07, 6.45) is 0. The van der Waals surface area contributed by atoms with Gasteiger partial charge in [0.05, 0.1) is 0 Å². The summed E-state index contributed by atoms with van der Waals surface area (Å²) in [6, 6.07) is 51.2. The minimum absolute atomic E-state index is 0.0451. The molecule has 8 rings (SSSR count). The van der Waals surface area contributed by atoms with Gasteiger partial charge < -0.3 is 0 Å². The predicted molar refractivity (Wildman–Crippen MR) is 266 cm³/mol. The molecule has 0 aliphatic carbocycles. The Bertz CT molecular complexity index is 2530. The Kier molecular flexibility index (Phi) is 11.5. The summed E-state index contributed by atoms with van der Waals surface area (Å²) < 4.78 is 0. The van der Waals surface area contributed by atoms with Gasteiger partial charge in [0.15, 0.2) is 34.9 Å². The van der Waals surface area contributed by atoms with Crippen LogP contribution in [0.15, 0.2) is 146 Å². The van der Waals surface area contributed by atoms with Crippen LogP contribution in [0.2, 0.25) is 0 Å². The lowest BCUT2D eigenvalue weighted by molar-refractivity contribution is 0.590. The minimum atomic E-state index is 0.0451. The zero-order chi connectivity index (χ0) is 45.6. The first kappa shape index (κ1) is 44.0. The summed E-state index contributed by atoms with van der Waals surface area (Å²) in [7, 11) is 0. The summed E-state index contributed by atoms with van der Waals surface area (Å²) in [6.45, 7) is 26.7. The van der Waals surface area contributed by atoms with E-state index in [4.69, 9.17) is 29.9 Å². The van der Waals surface area contributed by atoms with Gasteiger partial charge in [-0.25, -0.2) is 29.9 Å². The van der Waals surface area contributed by atoms with Crippen LogP contribution in [0.4, 0.5) is 0 Å². The van der Waals surface area contributed by atoms with Crippen LogP contribution >= 0.6 is 0 Å². The average molecular weight is 841 g/mol. The monoisotopic (exact) mass is 840 g/mol. The smallest absolute Gasteiger partial charge is 0.164 e. The highest BCUT2D eigenvalue weighted by Crippen LogP contribution is 2.33. The summed E-state index contributed by atoms with van der Waals surface area (Å²) in [5.41, 5.74) is 13.0. The Hall–Kier alpha value is -6.66. The zero-order valence-electron chi connectivity index (χ0n) is 39.5. The van der Waals surface area contributed by atoms with Crippen molar-refractivity contribution < 1.29 is 0 Å². The van der Waals surface area contributed by atoms with Gasteiger partial charge in [-0.3, -0.25) is 0 Å². The van der Waals surface area contributed by atoms with Crippen LogP contribution in [0.3, 0.4) is 0 Å². The van der Waals surface area contributed by atoms with E-state index in [0.29, 0.717) is 34.9 Å². The third-order valence-electron chi connectivity index (χ3n) is 11.9. The van der Waals surface area contributed by atoms with Crippen molar-refractivity contribution in [2.24, 2.45) is 0 Å². The second-order valence-electron chi connectivity index (χ2n) is 21.1. The average Bonchev–Trinajstić information content (AvgIpc) is 3.28. The number of nitrogens with zero attached hydrogens (tertiary/aromatic N) is 6. The van der Waals surface area contributed by atoms with Crippen molar-refractivity contribution in [3.8, 4) is 79.5 Å². The second kappa shape index (κ2) is 16.8. The fraction of sp³-hybridized carbons (Fsp3) is 0.276. The van der Waals surface area contributed by atoms with Crippen molar-refractivity contribution in [2.45, 2.75) is 105 Å². The molecule has 0 bridgehead atoms. The maximum Gasteiger partial charge on any atom is 0.164 e. The van der Waals surface area contributed by atoms with E-state index in [-0.39, 0.29) is 21.7 Å². The van der Waals surface area contributed by atoms with E-state index in [2.05, 4.69) is 229 Å². The van der Waals surface area contributed by atoms with Gasteiger partial charge in [0.1, 0.15) is 0 Å². The summed E-state index contributed by atoms with van der Waals surface area (Å²) >= 11 is 0. The molecule has 6 nitrogen and oxygen atoms in total. The predicted octanol–water partition coefficient (Wildman–Crippen LogP) is 14.9. The van der Waals surface area contributed by atoms with Crippen molar-refractivity contribution in [1.82, 2.24) is 29.9 Å². The first-order valence-electron chi connectivity index (χ1n) is 22.4. The largest absolute Gasteiger partial charge is 0.208 e. The number of aromatic nitrogens is 6. The number of hydrogen-bond donors (Lipinski definition) is 0. The van der Waals surface area contributed by atoms with Crippen LogP contribution in [0.1, 0.15) is 105 Å². The Morgan fingerprint density at radius 3 is 0.453 bits per heavy atom. The highest BCUT2D eigenvalue weighted by molar-refractivity contribution is 5.73. The Labute approximate surface area is 380 Å². The van der Waals surface area contributed by atoms with Gasteiger partial charge in [-0.1, -0.05) is 229 Å². The molecule has 0 saturated heterocycles. The molecule has 6 heteroatoms. The van der Waals surface area contributed by atoms with Gasteiger partial charge >= 0.3 is 0 Å². The molecule has 2 aromatic heterocycles. The van der Waals surface area contributed by atoms with Crippen molar-refractivity contribution in [3.63, 3.8) is 0 Å². The Morgan fingerprint density at radius 2 is 0.312 bits per heavy atom. The molecule has 64 heavy (non-hydrogen) atoms. The van der Waals surface area contributed by atoms with Gasteiger partial charge in [-0.2, -0.15) is 0 Å². The van der Waals surface area contributed by atoms with Gasteiger partial charge in [-0.05, 0) is 55.0 Å². The fourth-order valence-corrected chi connectivity index (χ4v) is 7.63. The zero-order valence-corrected chi connectivity index (χ0v) is 39.5. The minimum Gasteiger partial charge on any atom is -0.208 e. The molecule has 0 spiro atoms. The molecule has 0 aliphatic rings. The lowest BCUT2D eigenvalue weighted by atomic mass is 9.86. The van der Waals surface area contributed by atoms with Crippen LogP contribution in [0.25, 0.3) is 79.5 Å². The third kappa shape index (κ3) is 9.77. The standard InChI is InChI=1S/C58H60N6/c1-55(2,3)45-29-21-41(22-30-45)51-59-49(60-52(63-51)42-23-31-46(32-24-42)56(4,5)6)39-17-13-37(14-18-39)38-15-19-40(20-16-38)50-61-53(43-25-33-47(34-26-43)57(7,8)9)64-54(62-50)44-27-35-48(36-28-44)58(10,11)12/h13-36H,1-12H3. The number of hydrogen-bond acceptors (Lipinski definition) is 6. The van der Waals surface area contributed by atoms with E-state index < -0.39 is 0 Å². The summed E-state index contributed by atoms with van der Waals surface area (Å²) in [5.74, 6) is 3.84. The van der Waals surface area contributed by atoms with E-state index >= 15 is 0 Å². The van der Waals surface area contributed by atoms with E-state index in [1.807, 2.05) is 0 Å². The maximum atomic E-state index is 5.04. The normalized spacial score (nSPS) is 12.4. The molecule has 0 saturated carbocycles. The van der Waals surface area contributed by atoms with Crippen molar-refractivity contribution >= 4 is 0 Å². The topological polar surface area (TPSA) is 77.3 Å². The van der Waals surface area contributed by atoms with Crippen LogP contribution < -0.4 is 0 Å². The van der Waals surface area contributed by atoms with Crippen molar-refractivity contribution in [1.29, 1.82) is 0 Å². The molecular weight excluding hydrogens is 781 g/mol. The van der Waals surface area contributed by atoms with Crippen molar-refractivity contribution in [2.75, 3.05) is 0 Å². The van der Waals surface area contributed by atoms with Crippen LogP contribution in [0.5, 0.6) is 0 Å². The molecular formula is C58H60N6. The summed E-state index contributed by atoms with van der Waals surface area (Å²) in [4.78, 5) is 30.2. The molecule has 0 radical (unpaired) electrons. The Balaban J connectivity index is 1.12. The molecule has 0 amide bonds. The third-order valence-corrected chi connectivity index (χ3v) is 11.9. The van der Waals surface area contributed by atoms with E-state index in [0.717, 1.165) is 44.5 Å². The molecule has 6 aromatic carbocycles. The lowest BCUT2D eigenvalue weighted by Gasteiger charge is -2.19. The molecule has 0 fully saturated rings. The molecule has 2 heterocycles. The molecule has 0 unspecified atom stereocenters. The van der Waals surface area contributed by atoms with Crippen LogP contribution in [-0.4, -0.2) is 29.9 Å². The highest BCUT2D eigenvalue weighted by atomic mass is 15.0. The van der Waals surface area contributed by atoms with Gasteiger partial charge in [0.2, 0.25) is 0 Å². The SMILES string of the molecule is CC(C)(C)c1ccc(-c2nc(-c3ccc(-c4ccc(-c5nc(-c6ccc(C(C)(C)C)cc6)nc(-c6ccc(C(C)(C)C)cc6)n5)cc4)cc3)nc(-c3ccc(C(C)(C)C)cc3)n2)cc1. The van der Waals surface area contributed by atoms with E-state index in [9.17, 15) is 0 Å². The quantitative estimate of drug-likeness (QED) is 0.159. The van der Waals surface area contributed by atoms with Crippen molar-refractivity contribution in [3.05, 3.63) is 168 Å². The number of rotatable bonds is 7. The molecule has 8 aromatic rings. The van der Waals surface area contributed by atoms with Gasteiger partial charge in [0, 0.05) is 33.4 Å². The van der Waals surface area contributed by atoms with E-state index in [1.54, 1.807) is 0 Å². The second-order valence-corrected chi connectivity index (χ2v) is 21.1. The summed E-state index contributed by atoms with van der Waals surface area (Å²) in [5, 5.41) is 0. The molecule has 322 valence electrons. The van der Waals surface area contributed by atoms with E-state index in [1.165, 1.54) is 22.3 Å². The molecule has 0 N–H and O–H groups in total. The van der Waals surface area contributed by atoms with Gasteiger partial charge in [0.25, 0.3) is 0 Å². The van der Waals surface area contributed by atoms with Crippen LogP contribution in [0, 0.1) is 0 Å². The highest BCUT2D eigenvalue weighted by Gasteiger charge is 2.20.